The number of likely N-dealkylation sites (N-methyl/N-ethyl adjacent to an activating group) is 1. The van der Waals surface area contributed by atoms with Crippen molar-refractivity contribution in [3.63, 3.8) is 0 Å². The van der Waals surface area contributed by atoms with Crippen molar-refractivity contribution in [2.45, 2.75) is 46.6 Å². The van der Waals surface area contributed by atoms with Gasteiger partial charge in [-0.1, -0.05) is 6.92 Å². The summed E-state index contributed by atoms with van der Waals surface area (Å²) in [7, 11) is 2.16. The summed E-state index contributed by atoms with van der Waals surface area (Å²) in [6.07, 6.45) is 2.64. The third-order valence-corrected chi connectivity index (χ3v) is 3.89. The van der Waals surface area contributed by atoms with E-state index in [-0.39, 0.29) is 24.0 Å². The van der Waals surface area contributed by atoms with Crippen LogP contribution in [0.5, 0.6) is 0 Å². The molecule has 0 aromatic heterocycles. The molecule has 1 N–H and O–H groups in total. The minimum atomic E-state index is 0. The highest BCUT2D eigenvalue weighted by Crippen LogP contribution is 2.15. The molecule has 1 aliphatic rings. The largest absolute Gasteiger partial charge is 0.357 e. The summed E-state index contributed by atoms with van der Waals surface area (Å²) in [5.74, 6) is 1.89. The van der Waals surface area contributed by atoms with Crippen LogP contribution < -0.4 is 5.32 Å². The zero-order chi connectivity index (χ0) is 14.3. The Hall–Kier alpha value is -0.0400. The number of nitrogens with one attached hydrogen (secondary N) is 1. The normalized spacial score (nSPS) is 20.2. The Balaban J connectivity index is 0.00000361. The molecule has 0 radical (unpaired) electrons. The van der Waals surface area contributed by atoms with Crippen LogP contribution in [0.2, 0.25) is 0 Å². The van der Waals surface area contributed by atoms with E-state index in [9.17, 15) is 0 Å². The number of piperidine rings is 1. The molecular formula is C15H33IN4. The van der Waals surface area contributed by atoms with Crippen LogP contribution in [0.3, 0.4) is 0 Å². The Labute approximate surface area is 142 Å². The van der Waals surface area contributed by atoms with Crippen LogP contribution in [-0.2, 0) is 0 Å². The number of aliphatic imine (C=N–C) groups is 1. The smallest absolute Gasteiger partial charge is 0.193 e. The molecule has 4 nitrogen and oxygen atoms in total. The molecule has 1 heterocycles. The number of guanidine groups is 1. The van der Waals surface area contributed by atoms with E-state index in [4.69, 9.17) is 4.99 Å². The molecule has 0 aliphatic carbocycles. The van der Waals surface area contributed by atoms with E-state index in [0.717, 1.165) is 44.6 Å². The molecule has 1 rings (SSSR count). The van der Waals surface area contributed by atoms with Crippen molar-refractivity contribution in [2.75, 3.05) is 39.8 Å². The Morgan fingerprint density at radius 3 is 2.70 bits per heavy atom. The van der Waals surface area contributed by atoms with Gasteiger partial charge in [0.15, 0.2) is 5.96 Å². The molecule has 1 unspecified atom stereocenters. The van der Waals surface area contributed by atoms with Crippen LogP contribution in [0.15, 0.2) is 4.99 Å². The van der Waals surface area contributed by atoms with Crippen LogP contribution in [0, 0.1) is 5.92 Å². The van der Waals surface area contributed by atoms with Crippen LogP contribution in [0.25, 0.3) is 0 Å². The summed E-state index contributed by atoms with van der Waals surface area (Å²) < 4.78 is 0. The molecule has 5 heteroatoms. The average molecular weight is 396 g/mol. The van der Waals surface area contributed by atoms with E-state index in [1.54, 1.807) is 0 Å². The van der Waals surface area contributed by atoms with Gasteiger partial charge in [-0.05, 0) is 46.6 Å². The van der Waals surface area contributed by atoms with Gasteiger partial charge in [-0.3, -0.25) is 4.99 Å². The van der Waals surface area contributed by atoms with Crippen molar-refractivity contribution >= 4 is 29.9 Å². The third-order valence-electron chi connectivity index (χ3n) is 3.89. The maximum absolute atomic E-state index is 4.78. The first kappa shape index (κ1) is 20.0. The SMILES string of the molecule is CCNC(=NCCN(C)C(C)C)N1CCCC(C)C1.I. The molecule has 1 aliphatic heterocycles. The van der Waals surface area contributed by atoms with Gasteiger partial charge >= 0.3 is 0 Å². The van der Waals surface area contributed by atoms with Gasteiger partial charge in [-0.25, -0.2) is 0 Å². The molecule has 0 aromatic carbocycles. The lowest BCUT2D eigenvalue weighted by molar-refractivity contribution is 0.262. The fraction of sp³-hybridized carbons (Fsp3) is 0.933. The van der Waals surface area contributed by atoms with Gasteiger partial charge in [0.05, 0.1) is 6.54 Å². The quantitative estimate of drug-likeness (QED) is 0.441. The van der Waals surface area contributed by atoms with E-state index >= 15 is 0 Å². The van der Waals surface area contributed by atoms with Crippen molar-refractivity contribution in [1.29, 1.82) is 0 Å². The van der Waals surface area contributed by atoms with Crippen molar-refractivity contribution in [3.8, 4) is 0 Å². The molecule has 1 saturated heterocycles. The number of likely N-dealkylation sites (tertiary alicyclic amines) is 1. The molecule has 0 aromatic rings. The van der Waals surface area contributed by atoms with Gasteiger partial charge in [0, 0.05) is 32.2 Å². The number of hydrogen-bond acceptors (Lipinski definition) is 2. The van der Waals surface area contributed by atoms with Crippen LogP contribution in [0.1, 0.15) is 40.5 Å². The Morgan fingerprint density at radius 2 is 2.15 bits per heavy atom. The zero-order valence-corrected chi connectivity index (χ0v) is 16.2. The molecule has 20 heavy (non-hydrogen) atoms. The Morgan fingerprint density at radius 1 is 1.45 bits per heavy atom. The van der Waals surface area contributed by atoms with Crippen LogP contribution in [0.4, 0.5) is 0 Å². The summed E-state index contributed by atoms with van der Waals surface area (Å²) in [6.45, 7) is 14.1. The summed E-state index contributed by atoms with van der Waals surface area (Å²) >= 11 is 0. The summed E-state index contributed by atoms with van der Waals surface area (Å²) in [6, 6.07) is 0.591. The van der Waals surface area contributed by atoms with E-state index < -0.39 is 0 Å². The fourth-order valence-corrected chi connectivity index (χ4v) is 2.38. The monoisotopic (exact) mass is 396 g/mol. The first-order valence-corrected chi connectivity index (χ1v) is 7.78. The topological polar surface area (TPSA) is 30.9 Å². The molecular weight excluding hydrogens is 363 g/mol. The lowest BCUT2D eigenvalue weighted by Crippen LogP contribution is -2.46. The van der Waals surface area contributed by atoms with E-state index in [2.05, 4.69) is 49.9 Å². The first-order chi connectivity index (χ1) is 9.04. The minimum Gasteiger partial charge on any atom is -0.357 e. The van der Waals surface area contributed by atoms with Gasteiger partial charge in [-0.2, -0.15) is 0 Å². The van der Waals surface area contributed by atoms with Gasteiger partial charge in [0.1, 0.15) is 0 Å². The number of rotatable bonds is 5. The fourth-order valence-electron chi connectivity index (χ4n) is 2.38. The van der Waals surface area contributed by atoms with E-state index in [0.29, 0.717) is 6.04 Å². The highest BCUT2D eigenvalue weighted by atomic mass is 127. The maximum atomic E-state index is 4.78. The second-order valence-electron chi connectivity index (χ2n) is 6.00. The lowest BCUT2D eigenvalue weighted by Gasteiger charge is -2.33. The second kappa shape index (κ2) is 10.7. The Bertz CT molecular complexity index is 281. The van der Waals surface area contributed by atoms with Crippen molar-refractivity contribution in [2.24, 2.45) is 10.9 Å². The Kier molecular flexibility index (Phi) is 10.6. The van der Waals surface area contributed by atoms with E-state index in [1.807, 2.05) is 0 Å². The predicted molar refractivity (Wildman–Crippen MR) is 99.1 cm³/mol. The molecule has 120 valence electrons. The molecule has 1 atom stereocenters. The van der Waals surface area contributed by atoms with Gasteiger partial charge < -0.3 is 15.1 Å². The van der Waals surface area contributed by atoms with Crippen LogP contribution >= 0.6 is 24.0 Å². The second-order valence-corrected chi connectivity index (χ2v) is 6.00. The third kappa shape index (κ3) is 7.11. The summed E-state index contributed by atoms with van der Waals surface area (Å²) in [5.41, 5.74) is 0. The van der Waals surface area contributed by atoms with Crippen molar-refractivity contribution < 1.29 is 0 Å². The number of nitrogens with zero attached hydrogens (tertiary/aromatic N) is 3. The zero-order valence-electron chi connectivity index (χ0n) is 13.9. The minimum absolute atomic E-state index is 0. The van der Waals surface area contributed by atoms with Gasteiger partial charge in [0.2, 0.25) is 0 Å². The maximum Gasteiger partial charge on any atom is 0.193 e. The van der Waals surface area contributed by atoms with E-state index in [1.165, 1.54) is 12.8 Å². The van der Waals surface area contributed by atoms with Crippen molar-refractivity contribution in [3.05, 3.63) is 0 Å². The van der Waals surface area contributed by atoms with Gasteiger partial charge in [-0.15, -0.1) is 24.0 Å². The van der Waals surface area contributed by atoms with Crippen LogP contribution in [-0.4, -0.2) is 61.6 Å². The molecule has 1 fully saturated rings. The highest BCUT2D eigenvalue weighted by Gasteiger charge is 2.18. The first-order valence-electron chi connectivity index (χ1n) is 7.78. The summed E-state index contributed by atoms with van der Waals surface area (Å²) in [4.78, 5) is 9.55. The highest BCUT2D eigenvalue weighted by molar-refractivity contribution is 14.0. The van der Waals surface area contributed by atoms with Gasteiger partial charge in [0.25, 0.3) is 0 Å². The lowest BCUT2D eigenvalue weighted by atomic mass is 10.0. The van der Waals surface area contributed by atoms with Crippen molar-refractivity contribution in [1.82, 2.24) is 15.1 Å². The molecule has 0 spiro atoms. The summed E-state index contributed by atoms with van der Waals surface area (Å²) in [5, 5.41) is 3.43. The molecule has 0 saturated carbocycles. The molecule has 0 amide bonds. The molecule has 0 bridgehead atoms. The average Bonchev–Trinajstić information content (AvgIpc) is 2.37. The number of hydrogen-bond donors (Lipinski definition) is 1. The number of halogens is 1. The standard InChI is InChI=1S/C15H32N4.HI/c1-6-16-15(17-9-11-18(5)13(2)3)19-10-7-8-14(4)12-19;/h13-14H,6-12H2,1-5H3,(H,16,17);1H. The predicted octanol–water partition coefficient (Wildman–Crippen LogP) is 2.64.